The van der Waals surface area contributed by atoms with Gasteiger partial charge in [0.15, 0.2) is 34.3 Å². The summed E-state index contributed by atoms with van der Waals surface area (Å²) in [6.45, 7) is 4.96. The molecule has 1 heterocycles. The highest BCUT2D eigenvalue weighted by Crippen LogP contribution is 2.34. The van der Waals surface area contributed by atoms with E-state index in [4.69, 9.17) is 9.15 Å². The van der Waals surface area contributed by atoms with Crippen LogP contribution in [0.3, 0.4) is 0 Å². The number of hydrogen-bond donors (Lipinski definition) is 6. The number of aromatic hydroxyl groups is 3. The summed E-state index contributed by atoms with van der Waals surface area (Å²) >= 11 is 0. The van der Waals surface area contributed by atoms with Crippen molar-refractivity contribution in [3.8, 4) is 17.2 Å². The minimum Gasteiger partial charge on any atom is -0.504 e. The van der Waals surface area contributed by atoms with Crippen LogP contribution in [0.15, 0.2) is 77.1 Å². The minimum absolute atomic E-state index is 0.102. The average molecular weight is 508 g/mol. The van der Waals surface area contributed by atoms with Crippen LogP contribution in [0.1, 0.15) is 23.8 Å². The van der Waals surface area contributed by atoms with Gasteiger partial charge in [0.25, 0.3) is 0 Å². The molecule has 0 bridgehead atoms. The van der Waals surface area contributed by atoms with Gasteiger partial charge in [-0.05, 0) is 66.1 Å². The molecule has 0 spiro atoms. The molecule has 0 fully saturated rings. The van der Waals surface area contributed by atoms with E-state index in [-0.39, 0.29) is 29.3 Å². The topological polar surface area (TPSA) is 178 Å². The normalized spacial score (nSPS) is 13.4. The number of phenols is 3. The van der Waals surface area contributed by atoms with Crippen LogP contribution < -0.4 is 0 Å². The summed E-state index contributed by atoms with van der Waals surface area (Å²) in [4.78, 5) is 23.9. The van der Waals surface area contributed by atoms with Crippen molar-refractivity contribution in [2.24, 2.45) is 0 Å². The monoisotopic (exact) mass is 508 g/mol. The van der Waals surface area contributed by atoms with Gasteiger partial charge in [-0.2, -0.15) is 0 Å². The number of aliphatic hydroxyl groups is 2. The summed E-state index contributed by atoms with van der Waals surface area (Å²) < 4.78 is 10.7. The number of rotatable bonds is 9. The van der Waals surface area contributed by atoms with Crippen molar-refractivity contribution in [2.45, 2.75) is 19.4 Å². The van der Waals surface area contributed by atoms with E-state index in [2.05, 4.69) is 6.58 Å². The Balaban J connectivity index is 1.83. The third-order valence-electron chi connectivity index (χ3n) is 5.29. The highest BCUT2D eigenvalue weighted by molar-refractivity contribution is 5.97. The van der Waals surface area contributed by atoms with Gasteiger partial charge in [0.1, 0.15) is 5.76 Å². The summed E-state index contributed by atoms with van der Waals surface area (Å²) in [5.41, 5.74) is 1.29. The zero-order valence-electron chi connectivity index (χ0n) is 19.6. The average Bonchev–Trinajstić information content (AvgIpc) is 3.31. The fourth-order valence-electron chi connectivity index (χ4n) is 3.35. The summed E-state index contributed by atoms with van der Waals surface area (Å²) in [5, 5.41) is 58.5. The van der Waals surface area contributed by atoms with E-state index in [1.165, 1.54) is 42.5 Å². The van der Waals surface area contributed by atoms with Crippen LogP contribution in [-0.2, 0) is 20.7 Å². The number of esters is 1. The van der Waals surface area contributed by atoms with Gasteiger partial charge in [-0.15, -0.1) is 0 Å². The molecule has 10 heteroatoms. The number of hydrogen-bond acceptors (Lipinski definition) is 9. The molecular formula is C27H24O10. The molecule has 0 aliphatic heterocycles. The lowest BCUT2D eigenvalue weighted by molar-refractivity contribution is -0.160. The van der Waals surface area contributed by atoms with E-state index in [1.54, 1.807) is 13.0 Å². The highest BCUT2D eigenvalue weighted by Gasteiger charge is 2.22. The second-order valence-electron chi connectivity index (χ2n) is 7.95. The van der Waals surface area contributed by atoms with Crippen molar-refractivity contribution in [1.29, 1.82) is 0 Å². The summed E-state index contributed by atoms with van der Waals surface area (Å²) in [5.74, 6) is -3.93. The summed E-state index contributed by atoms with van der Waals surface area (Å²) in [7, 11) is 0. The van der Waals surface area contributed by atoms with E-state index < -0.39 is 35.3 Å². The molecular weight excluding hydrogens is 484 g/mol. The number of benzene rings is 2. The summed E-state index contributed by atoms with van der Waals surface area (Å²) in [6.07, 6.45) is 2.89. The molecule has 37 heavy (non-hydrogen) atoms. The lowest BCUT2D eigenvalue weighted by atomic mass is 10.1. The predicted molar refractivity (Wildman–Crippen MR) is 134 cm³/mol. The molecule has 0 radical (unpaired) electrons. The molecule has 192 valence electrons. The van der Waals surface area contributed by atoms with Crippen molar-refractivity contribution in [3.63, 3.8) is 0 Å². The number of fused-ring (bicyclic) bond motifs is 1. The molecule has 0 aliphatic rings. The first-order chi connectivity index (χ1) is 17.5. The van der Waals surface area contributed by atoms with Crippen LogP contribution in [0, 0.1) is 0 Å². The van der Waals surface area contributed by atoms with Gasteiger partial charge < -0.3 is 39.8 Å². The smallest absolute Gasteiger partial charge is 0.345 e. The Bertz CT molecular complexity index is 1460. The molecule has 1 atom stereocenters. The summed E-state index contributed by atoms with van der Waals surface area (Å²) in [6, 6.07) is 8.16. The Labute approximate surface area is 210 Å². The van der Waals surface area contributed by atoms with E-state index in [9.17, 15) is 40.2 Å². The standard InChI is InChI=1S/C27H24O10/c1-3-18(28)21(31)10-14(2)23-13-17-16(5-8-20(30)26(17)37-23)6-9-25(33)36-24(27(34)35)12-15-4-7-19(29)22(32)11-15/h3-11,13,24,28-32H,1,12H2,2H3,(H,34,35)/b9-6+,14-10+,21-18-. The van der Waals surface area contributed by atoms with Gasteiger partial charge in [-0.3, -0.25) is 0 Å². The third kappa shape index (κ3) is 6.31. The van der Waals surface area contributed by atoms with Crippen molar-refractivity contribution in [3.05, 3.63) is 89.6 Å². The Morgan fingerprint density at radius 3 is 2.35 bits per heavy atom. The van der Waals surface area contributed by atoms with Gasteiger partial charge in [-0.1, -0.05) is 18.7 Å². The number of furan rings is 1. The Morgan fingerprint density at radius 2 is 1.70 bits per heavy atom. The number of phenolic OH excluding ortho intramolecular Hbond substituents is 3. The fourth-order valence-corrected chi connectivity index (χ4v) is 3.35. The second-order valence-corrected chi connectivity index (χ2v) is 7.95. The maximum atomic E-state index is 12.4. The molecule has 1 aromatic heterocycles. The van der Waals surface area contributed by atoms with Gasteiger partial charge in [0.05, 0.1) is 0 Å². The molecule has 3 rings (SSSR count). The number of ether oxygens (including phenoxy) is 1. The SMILES string of the molecule is C=C/C(O)=C(O)\C=C(/C)c1cc2c(/C=C/C(=O)OC(Cc3ccc(O)c(O)c3)C(=O)O)ccc(O)c2o1. The van der Waals surface area contributed by atoms with Crippen molar-refractivity contribution < 1.29 is 49.4 Å². The molecule has 3 aromatic rings. The number of aliphatic carboxylic acids is 1. The quantitative estimate of drug-likeness (QED) is 0.0779. The van der Waals surface area contributed by atoms with Crippen LogP contribution in [-0.4, -0.2) is 48.7 Å². The Kier molecular flexibility index (Phi) is 7.93. The minimum atomic E-state index is -1.55. The van der Waals surface area contributed by atoms with Crippen LogP contribution in [0.5, 0.6) is 17.2 Å². The molecule has 1 unspecified atom stereocenters. The number of carbonyl (C=O) groups is 2. The van der Waals surface area contributed by atoms with Gasteiger partial charge >= 0.3 is 11.9 Å². The highest BCUT2D eigenvalue weighted by atomic mass is 16.6. The van der Waals surface area contributed by atoms with Gasteiger partial charge in [0, 0.05) is 17.9 Å². The van der Waals surface area contributed by atoms with Crippen LogP contribution in [0.4, 0.5) is 0 Å². The zero-order valence-corrected chi connectivity index (χ0v) is 19.6. The number of carboxylic acid groups (broad SMARTS) is 1. The molecule has 0 saturated heterocycles. The zero-order chi connectivity index (χ0) is 27.3. The Morgan fingerprint density at radius 1 is 1.00 bits per heavy atom. The first-order valence-corrected chi connectivity index (χ1v) is 10.8. The van der Waals surface area contributed by atoms with Crippen molar-refractivity contribution >= 4 is 34.6 Å². The maximum Gasteiger partial charge on any atom is 0.345 e. The number of carbonyl (C=O) groups excluding carboxylic acids is 1. The molecule has 0 amide bonds. The van der Waals surface area contributed by atoms with Crippen molar-refractivity contribution in [1.82, 2.24) is 0 Å². The molecule has 0 aliphatic carbocycles. The van der Waals surface area contributed by atoms with E-state index in [0.29, 0.717) is 22.1 Å². The third-order valence-corrected chi connectivity index (χ3v) is 5.29. The second kappa shape index (κ2) is 11.1. The number of aliphatic hydroxyl groups excluding tert-OH is 2. The number of allylic oxidation sites excluding steroid dienone is 3. The molecule has 6 N–H and O–H groups in total. The largest absolute Gasteiger partial charge is 0.504 e. The van der Waals surface area contributed by atoms with Crippen LogP contribution in [0.2, 0.25) is 0 Å². The van der Waals surface area contributed by atoms with E-state index in [1.807, 2.05) is 0 Å². The molecule has 0 saturated carbocycles. The lowest BCUT2D eigenvalue weighted by Gasteiger charge is -2.13. The van der Waals surface area contributed by atoms with E-state index >= 15 is 0 Å². The fraction of sp³-hybridized carbons (Fsp3) is 0.111. The van der Waals surface area contributed by atoms with Crippen molar-refractivity contribution in [2.75, 3.05) is 0 Å². The lowest BCUT2D eigenvalue weighted by Crippen LogP contribution is -2.28. The van der Waals surface area contributed by atoms with Gasteiger partial charge in [0.2, 0.25) is 6.10 Å². The molecule has 2 aromatic carbocycles. The van der Waals surface area contributed by atoms with E-state index in [0.717, 1.165) is 12.2 Å². The predicted octanol–water partition coefficient (Wildman–Crippen LogP) is 4.72. The first-order valence-electron chi connectivity index (χ1n) is 10.8. The van der Waals surface area contributed by atoms with Crippen LogP contribution >= 0.6 is 0 Å². The molecule has 10 nitrogen and oxygen atoms in total. The van der Waals surface area contributed by atoms with Crippen LogP contribution in [0.25, 0.3) is 22.6 Å². The Hall–Kier alpha value is -5.12. The maximum absolute atomic E-state index is 12.4. The first kappa shape index (κ1) is 26.5. The number of carboxylic acids is 1. The van der Waals surface area contributed by atoms with Gasteiger partial charge in [-0.25, -0.2) is 9.59 Å².